The average molecular weight is 685 g/mol. The normalized spacial score (nSPS) is 22.5. The summed E-state index contributed by atoms with van der Waals surface area (Å²) in [6.45, 7) is -0.0964. The Morgan fingerprint density at radius 2 is 1.74 bits per heavy atom. The van der Waals surface area contributed by atoms with Crippen LogP contribution in [0.4, 0.5) is 10.1 Å². The number of para-hydroxylation sites is 1. The van der Waals surface area contributed by atoms with Crippen molar-refractivity contribution in [1.82, 2.24) is 20.3 Å². The monoisotopic (exact) mass is 683 g/mol. The number of nitrogens with one attached hydrogen (secondary N) is 1. The maximum absolute atomic E-state index is 15.4. The molecule has 9 nitrogen and oxygen atoms in total. The number of rotatable bonds is 11. The van der Waals surface area contributed by atoms with Crippen LogP contribution in [-0.4, -0.2) is 58.6 Å². The SMILES string of the molecule is O=C1[C@H](Cc2cnn[nH]2)O[C@H](c2cccc(Cl)c2)[C@@H](c2ccc(Cl)cc2)N1[C@@H](CN(c1ccccc1F)S(=O)(=O)C1CC1)C1CC1. The summed E-state index contributed by atoms with van der Waals surface area (Å²) in [5, 5.41) is 10.9. The van der Waals surface area contributed by atoms with Gasteiger partial charge in [-0.2, -0.15) is 0 Å². The fourth-order valence-corrected chi connectivity index (χ4v) is 8.58. The Hall–Kier alpha value is -3.51. The minimum Gasteiger partial charge on any atom is -0.358 e. The lowest BCUT2D eigenvalue weighted by atomic mass is 9.89. The van der Waals surface area contributed by atoms with Crippen LogP contribution in [0.15, 0.2) is 79.0 Å². The first-order valence-electron chi connectivity index (χ1n) is 15.3. The fraction of sp³-hybridized carbons (Fsp3) is 0.364. The molecular weight excluding hydrogens is 652 g/mol. The van der Waals surface area contributed by atoms with E-state index in [0.717, 1.165) is 24.0 Å². The molecule has 1 saturated heterocycles. The van der Waals surface area contributed by atoms with Crippen LogP contribution in [0, 0.1) is 11.7 Å². The minimum absolute atomic E-state index is 0.00462. The van der Waals surface area contributed by atoms with Gasteiger partial charge in [0, 0.05) is 16.5 Å². The smallest absolute Gasteiger partial charge is 0.253 e. The third-order valence-electron chi connectivity index (χ3n) is 8.94. The highest BCUT2D eigenvalue weighted by atomic mass is 35.5. The van der Waals surface area contributed by atoms with Gasteiger partial charge in [-0.15, -0.1) is 5.10 Å². The van der Waals surface area contributed by atoms with E-state index in [4.69, 9.17) is 27.9 Å². The molecule has 4 aromatic rings. The Morgan fingerprint density at radius 1 is 0.978 bits per heavy atom. The molecule has 3 aliphatic rings. The standard InChI is InChI=1S/C33H32Cl2FN5O4S/c34-23-12-10-21(11-13-23)31-32(22-4-3-5-24(35)16-22)45-30(17-25-18-37-39-38-25)33(42)41(31)29(20-8-9-20)19-40(46(43,44)26-14-15-26)28-7-2-1-6-27(28)36/h1-7,10-13,16,18,20,26,29-32H,8-9,14-15,17,19H2,(H,37,38,39)/t29-,30-,31+,32+/m0/s1. The number of hydrogen-bond acceptors (Lipinski definition) is 6. The lowest BCUT2D eigenvalue weighted by Crippen LogP contribution is -2.59. The molecule has 0 unspecified atom stereocenters. The molecule has 4 atom stereocenters. The van der Waals surface area contributed by atoms with Gasteiger partial charge in [0.1, 0.15) is 18.0 Å². The number of carbonyl (C=O) groups excluding carboxylic acids is 1. The third kappa shape index (κ3) is 6.25. The molecule has 0 spiro atoms. The van der Waals surface area contributed by atoms with Gasteiger partial charge in [0.15, 0.2) is 0 Å². The van der Waals surface area contributed by atoms with Crippen LogP contribution >= 0.6 is 23.2 Å². The lowest BCUT2D eigenvalue weighted by molar-refractivity contribution is -0.179. The molecule has 3 aromatic carbocycles. The highest BCUT2D eigenvalue weighted by molar-refractivity contribution is 7.93. The molecule has 2 heterocycles. The number of amides is 1. The number of halogens is 3. The summed E-state index contributed by atoms with van der Waals surface area (Å²) < 4.78 is 51.2. The van der Waals surface area contributed by atoms with E-state index in [1.165, 1.54) is 22.5 Å². The zero-order chi connectivity index (χ0) is 32.0. The van der Waals surface area contributed by atoms with Crippen molar-refractivity contribution < 1.29 is 22.3 Å². The van der Waals surface area contributed by atoms with Gasteiger partial charge >= 0.3 is 0 Å². The Morgan fingerprint density at radius 3 is 2.39 bits per heavy atom. The van der Waals surface area contributed by atoms with Gasteiger partial charge in [-0.1, -0.05) is 64.8 Å². The molecule has 1 N–H and O–H groups in total. The number of benzene rings is 3. The summed E-state index contributed by atoms with van der Waals surface area (Å²) in [7, 11) is -3.91. The predicted molar refractivity (Wildman–Crippen MR) is 172 cm³/mol. The first kappa shape index (κ1) is 31.1. The lowest BCUT2D eigenvalue weighted by Gasteiger charge is -2.49. The van der Waals surface area contributed by atoms with Crippen molar-refractivity contribution in [2.24, 2.45) is 5.92 Å². The summed E-state index contributed by atoms with van der Waals surface area (Å²) in [6, 6.07) is 19.2. The molecule has 240 valence electrons. The van der Waals surface area contributed by atoms with Crippen molar-refractivity contribution in [1.29, 1.82) is 0 Å². The number of morpholine rings is 1. The summed E-state index contributed by atoms with van der Waals surface area (Å²) in [6.07, 6.45) is 2.72. The largest absolute Gasteiger partial charge is 0.358 e. The second kappa shape index (κ2) is 12.6. The van der Waals surface area contributed by atoms with Crippen LogP contribution in [0.3, 0.4) is 0 Å². The van der Waals surface area contributed by atoms with Crippen molar-refractivity contribution in [2.75, 3.05) is 10.8 Å². The van der Waals surface area contributed by atoms with E-state index >= 15 is 4.39 Å². The number of carbonyl (C=O) groups is 1. The molecule has 0 radical (unpaired) electrons. The fourth-order valence-electron chi connectivity index (χ4n) is 6.38. The van der Waals surface area contributed by atoms with E-state index in [-0.39, 0.29) is 30.5 Å². The van der Waals surface area contributed by atoms with Gasteiger partial charge in [0.05, 0.1) is 41.5 Å². The molecule has 7 rings (SSSR count). The van der Waals surface area contributed by atoms with Gasteiger partial charge < -0.3 is 9.64 Å². The number of hydrogen-bond donors (Lipinski definition) is 1. The maximum atomic E-state index is 15.4. The van der Waals surface area contributed by atoms with Crippen molar-refractivity contribution >= 4 is 44.8 Å². The number of sulfonamides is 1. The molecular formula is C33H32Cl2FN5O4S. The zero-order valence-corrected chi connectivity index (χ0v) is 27.0. The second-order valence-electron chi connectivity index (χ2n) is 12.2. The molecule has 0 bridgehead atoms. The van der Waals surface area contributed by atoms with Gasteiger partial charge in [0.25, 0.3) is 5.91 Å². The Balaban J connectivity index is 1.37. The molecule has 2 aliphatic carbocycles. The maximum Gasteiger partial charge on any atom is 0.253 e. The van der Waals surface area contributed by atoms with Gasteiger partial charge in [-0.05, 0) is 79.1 Å². The van der Waals surface area contributed by atoms with Crippen LogP contribution < -0.4 is 4.31 Å². The number of aromatic amines is 1. The number of H-pyrrole nitrogens is 1. The summed E-state index contributed by atoms with van der Waals surface area (Å²) in [5.74, 6) is -0.942. The molecule has 1 aliphatic heterocycles. The van der Waals surface area contributed by atoms with E-state index in [9.17, 15) is 13.2 Å². The Labute approximate surface area is 276 Å². The molecule has 46 heavy (non-hydrogen) atoms. The second-order valence-corrected chi connectivity index (χ2v) is 15.2. The highest BCUT2D eigenvalue weighted by Crippen LogP contribution is 2.49. The van der Waals surface area contributed by atoms with E-state index in [2.05, 4.69) is 15.4 Å². The Bertz CT molecular complexity index is 1820. The predicted octanol–water partition coefficient (Wildman–Crippen LogP) is 6.28. The first-order valence-corrected chi connectivity index (χ1v) is 17.6. The van der Waals surface area contributed by atoms with Crippen LogP contribution in [0.25, 0.3) is 0 Å². The number of aromatic nitrogens is 3. The molecule has 13 heteroatoms. The third-order valence-corrected chi connectivity index (χ3v) is 11.7. The van der Waals surface area contributed by atoms with Gasteiger partial charge in [-0.3, -0.25) is 14.2 Å². The van der Waals surface area contributed by atoms with Crippen molar-refractivity contribution in [2.45, 2.75) is 61.6 Å². The number of anilines is 1. The van der Waals surface area contributed by atoms with Crippen LogP contribution in [0.5, 0.6) is 0 Å². The van der Waals surface area contributed by atoms with E-state index in [0.29, 0.717) is 28.6 Å². The first-order chi connectivity index (χ1) is 22.2. The molecule has 1 amide bonds. The number of nitrogens with zero attached hydrogens (tertiary/aromatic N) is 4. The summed E-state index contributed by atoms with van der Waals surface area (Å²) in [5.41, 5.74) is 2.11. The summed E-state index contributed by atoms with van der Waals surface area (Å²) >= 11 is 12.8. The number of ether oxygens (including phenoxy) is 1. The van der Waals surface area contributed by atoms with Crippen molar-refractivity contribution in [3.05, 3.63) is 112 Å². The minimum atomic E-state index is -3.91. The Kier molecular flexibility index (Phi) is 8.52. The van der Waals surface area contributed by atoms with E-state index < -0.39 is 45.4 Å². The molecule has 1 aromatic heterocycles. The van der Waals surface area contributed by atoms with Gasteiger partial charge in [-0.25, -0.2) is 12.8 Å². The molecule has 3 fully saturated rings. The van der Waals surface area contributed by atoms with Crippen molar-refractivity contribution in [3.8, 4) is 0 Å². The van der Waals surface area contributed by atoms with Crippen LogP contribution in [0.1, 0.15) is 54.6 Å². The van der Waals surface area contributed by atoms with Crippen LogP contribution in [-0.2, 0) is 26.0 Å². The highest BCUT2D eigenvalue weighted by Gasteiger charge is 2.52. The quantitative estimate of drug-likeness (QED) is 0.199. The van der Waals surface area contributed by atoms with Gasteiger partial charge in [0.2, 0.25) is 10.0 Å². The summed E-state index contributed by atoms with van der Waals surface area (Å²) in [4.78, 5) is 16.5. The molecule has 2 saturated carbocycles. The van der Waals surface area contributed by atoms with Crippen molar-refractivity contribution in [3.63, 3.8) is 0 Å². The van der Waals surface area contributed by atoms with Crippen LogP contribution in [0.2, 0.25) is 10.0 Å². The average Bonchev–Trinajstić information content (AvgIpc) is 3.98. The zero-order valence-electron chi connectivity index (χ0n) is 24.7. The van der Waals surface area contributed by atoms with E-state index in [1.807, 2.05) is 30.3 Å². The van der Waals surface area contributed by atoms with E-state index in [1.54, 1.807) is 35.4 Å². The topological polar surface area (TPSA) is 108 Å².